The Morgan fingerprint density at radius 2 is 1.60 bits per heavy atom. The molecular formula is C17H22N2O. The molecule has 0 saturated heterocycles. The maximum Gasteiger partial charge on any atom is 0.0720 e. The molecule has 106 valence electrons. The predicted octanol–water partition coefficient (Wildman–Crippen LogP) is 3.73. The van der Waals surface area contributed by atoms with E-state index >= 15 is 0 Å². The van der Waals surface area contributed by atoms with Crippen LogP contribution >= 0.6 is 0 Å². The van der Waals surface area contributed by atoms with Crippen LogP contribution in [0.25, 0.3) is 0 Å². The van der Waals surface area contributed by atoms with Crippen molar-refractivity contribution in [3.8, 4) is 0 Å². The van der Waals surface area contributed by atoms with Crippen molar-refractivity contribution in [1.82, 2.24) is 5.43 Å². The molecule has 2 aromatic rings. The molecule has 0 bridgehead atoms. The highest BCUT2D eigenvalue weighted by molar-refractivity contribution is 5.41. The molecule has 0 aromatic heterocycles. The van der Waals surface area contributed by atoms with Crippen LogP contribution in [-0.4, -0.2) is 6.61 Å². The van der Waals surface area contributed by atoms with Crippen LogP contribution in [0.1, 0.15) is 24.5 Å². The smallest absolute Gasteiger partial charge is 0.0720 e. The van der Waals surface area contributed by atoms with Crippen molar-refractivity contribution in [1.29, 1.82) is 0 Å². The van der Waals surface area contributed by atoms with Crippen molar-refractivity contribution in [2.75, 3.05) is 12.0 Å². The number of para-hydroxylation sites is 1. The lowest BCUT2D eigenvalue weighted by Crippen LogP contribution is -2.21. The van der Waals surface area contributed by atoms with E-state index in [-0.39, 0.29) is 0 Å². The Labute approximate surface area is 120 Å². The fourth-order valence-electron chi connectivity index (χ4n) is 1.96. The third-order valence-electron chi connectivity index (χ3n) is 3.01. The molecule has 0 aliphatic heterocycles. The number of hydrogen-bond acceptors (Lipinski definition) is 3. The quantitative estimate of drug-likeness (QED) is 0.566. The Bertz CT molecular complexity index is 499. The van der Waals surface area contributed by atoms with E-state index in [9.17, 15) is 0 Å². The first-order chi connectivity index (χ1) is 9.90. The first-order valence-electron chi connectivity index (χ1n) is 7.08. The van der Waals surface area contributed by atoms with Gasteiger partial charge in [-0.2, -0.15) is 0 Å². The lowest BCUT2D eigenvalue weighted by atomic mass is 10.1. The van der Waals surface area contributed by atoms with E-state index in [1.54, 1.807) is 0 Å². The molecular weight excluding hydrogens is 248 g/mol. The molecule has 0 aliphatic carbocycles. The fraction of sp³-hybridized carbons (Fsp3) is 0.294. The average Bonchev–Trinajstić information content (AvgIpc) is 2.50. The minimum atomic E-state index is 0.678. The van der Waals surface area contributed by atoms with Gasteiger partial charge in [0.15, 0.2) is 0 Å². The summed E-state index contributed by atoms with van der Waals surface area (Å²) in [6.07, 6.45) is 1.05. The molecule has 0 atom stereocenters. The first-order valence-corrected chi connectivity index (χ1v) is 7.08. The lowest BCUT2D eigenvalue weighted by molar-refractivity contribution is 0.121. The second-order valence-electron chi connectivity index (χ2n) is 4.67. The van der Waals surface area contributed by atoms with Gasteiger partial charge in [-0.25, -0.2) is 5.43 Å². The van der Waals surface area contributed by atoms with Crippen LogP contribution in [0.3, 0.4) is 0 Å². The van der Waals surface area contributed by atoms with Crippen LogP contribution in [0.15, 0.2) is 54.6 Å². The van der Waals surface area contributed by atoms with Gasteiger partial charge in [0.25, 0.3) is 0 Å². The standard InChI is InChI=1S/C17H22N2O/c1-2-12-20-14-16-9-7-6-8-15(16)13-18-19-17-10-4-3-5-11-17/h3-11,18-19H,2,12-14H2,1H3. The molecule has 0 fully saturated rings. The minimum absolute atomic E-state index is 0.678. The molecule has 20 heavy (non-hydrogen) atoms. The predicted molar refractivity (Wildman–Crippen MR) is 83.3 cm³/mol. The Balaban J connectivity index is 1.85. The average molecular weight is 270 g/mol. The Morgan fingerprint density at radius 3 is 2.35 bits per heavy atom. The summed E-state index contributed by atoms with van der Waals surface area (Å²) in [7, 11) is 0. The van der Waals surface area contributed by atoms with Crippen LogP contribution in [0.2, 0.25) is 0 Å². The fourth-order valence-corrected chi connectivity index (χ4v) is 1.96. The van der Waals surface area contributed by atoms with Crippen molar-refractivity contribution in [3.63, 3.8) is 0 Å². The summed E-state index contributed by atoms with van der Waals surface area (Å²) in [5.41, 5.74) is 10.00. The maximum absolute atomic E-state index is 5.63. The van der Waals surface area contributed by atoms with E-state index in [2.05, 4.69) is 42.0 Å². The van der Waals surface area contributed by atoms with Gasteiger partial charge >= 0.3 is 0 Å². The number of ether oxygens (including phenoxy) is 1. The van der Waals surface area contributed by atoms with Crippen LogP contribution in [0, 0.1) is 0 Å². The summed E-state index contributed by atoms with van der Waals surface area (Å²) in [6.45, 7) is 4.37. The van der Waals surface area contributed by atoms with Crippen molar-refractivity contribution < 1.29 is 4.74 Å². The summed E-state index contributed by atoms with van der Waals surface area (Å²) >= 11 is 0. The minimum Gasteiger partial charge on any atom is -0.377 e. The maximum atomic E-state index is 5.63. The topological polar surface area (TPSA) is 33.3 Å². The van der Waals surface area contributed by atoms with Gasteiger partial charge in [-0.1, -0.05) is 49.4 Å². The molecule has 0 heterocycles. The molecule has 0 unspecified atom stereocenters. The van der Waals surface area contributed by atoms with Crippen molar-refractivity contribution in [3.05, 3.63) is 65.7 Å². The summed E-state index contributed by atoms with van der Waals surface area (Å²) in [5, 5.41) is 0. The highest BCUT2D eigenvalue weighted by Gasteiger charge is 2.01. The van der Waals surface area contributed by atoms with E-state index < -0.39 is 0 Å². The van der Waals surface area contributed by atoms with E-state index in [4.69, 9.17) is 4.74 Å². The molecule has 2 aromatic carbocycles. The van der Waals surface area contributed by atoms with Gasteiger partial charge in [0.2, 0.25) is 0 Å². The summed E-state index contributed by atoms with van der Waals surface area (Å²) < 4.78 is 5.63. The number of nitrogens with one attached hydrogen (secondary N) is 2. The molecule has 0 aliphatic rings. The molecule has 0 spiro atoms. The van der Waals surface area contributed by atoms with Gasteiger partial charge < -0.3 is 10.2 Å². The first kappa shape index (κ1) is 14.6. The summed E-state index contributed by atoms with van der Waals surface area (Å²) in [6, 6.07) is 18.5. The van der Waals surface area contributed by atoms with Gasteiger partial charge in [-0.15, -0.1) is 0 Å². The van der Waals surface area contributed by atoms with Gasteiger partial charge in [0.1, 0.15) is 0 Å². The Kier molecular flexibility index (Phi) is 6.08. The second-order valence-corrected chi connectivity index (χ2v) is 4.67. The zero-order valence-corrected chi connectivity index (χ0v) is 11.9. The Hall–Kier alpha value is -1.84. The highest BCUT2D eigenvalue weighted by atomic mass is 16.5. The molecule has 2 N–H and O–H groups in total. The molecule has 2 rings (SSSR count). The van der Waals surface area contributed by atoms with Crippen LogP contribution in [-0.2, 0) is 17.9 Å². The Morgan fingerprint density at radius 1 is 0.900 bits per heavy atom. The molecule has 0 saturated carbocycles. The third-order valence-corrected chi connectivity index (χ3v) is 3.01. The number of hydrazine groups is 1. The van der Waals surface area contributed by atoms with Crippen molar-refractivity contribution >= 4 is 5.69 Å². The largest absolute Gasteiger partial charge is 0.377 e. The summed E-state index contributed by atoms with van der Waals surface area (Å²) in [4.78, 5) is 0. The number of benzene rings is 2. The van der Waals surface area contributed by atoms with Crippen molar-refractivity contribution in [2.24, 2.45) is 0 Å². The molecule has 0 radical (unpaired) electrons. The van der Waals surface area contributed by atoms with Crippen LogP contribution < -0.4 is 10.9 Å². The SMILES string of the molecule is CCCOCc1ccccc1CNNc1ccccc1. The van der Waals surface area contributed by atoms with Gasteiger partial charge in [-0.3, -0.25) is 0 Å². The van der Waals surface area contributed by atoms with E-state index in [0.29, 0.717) is 6.61 Å². The third kappa shape index (κ3) is 4.68. The van der Waals surface area contributed by atoms with E-state index in [1.165, 1.54) is 11.1 Å². The van der Waals surface area contributed by atoms with E-state index in [1.807, 2.05) is 30.3 Å². The van der Waals surface area contributed by atoms with Crippen molar-refractivity contribution in [2.45, 2.75) is 26.5 Å². The van der Waals surface area contributed by atoms with Gasteiger partial charge in [0, 0.05) is 18.8 Å². The van der Waals surface area contributed by atoms with Crippen LogP contribution in [0.5, 0.6) is 0 Å². The molecule has 0 amide bonds. The molecule has 3 heteroatoms. The number of anilines is 1. The number of rotatable bonds is 8. The normalized spacial score (nSPS) is 10.4. The zero-order chi connectivity index (χ0) is 14.0. The molecule has 3 nitrogen and oxygen atoms in total. The number of hydrogen-bond donors (Lipinski definition) is 2. The van der Waals surface area contributed by atoms with Crippen LogP contribution in [0.4, 0.5) is 5.69 Å². The lowest BCUT2D eigenvalue weighted by Gasteiger charge is -2.12. The highest BCUT2D eigenvalue weighted by Crippen LogP contribution is 2.10. The zero-order valence-electron chi connectivity index (χ0n) is 11.9. The van der Waals surface area contributed by atoms with E-state index in [0.717, 1.165) is 25.3 Å². The summed E-state index contributed by atoms with van der Waals surface area (Å²) in [5.74, 6) is 0. The van der Waals surface area contributed by atoms with Gasteiger partial charge in [0.05, 0.1) is 6.61 Å². The second kappa shape index (κ2) is 8.35. The monoisotopic (exact) mass is 270 g/mol. The van der Waals surface area contributed by atoms with Gasteiger partial charge in [-0.05, 0) is 29.7 Å².